The molecule has 140 valence electrons. The average molecular weight is 374 g/mol. The lowest BCUT2D eigenvalue weighted by atomic mass is 10.2. The van der Waals surface area contributed by atoms with Crippen molar-refractivity contribution in [3.05, 3.63) is 78.0 Å². The van der Waals surface area contributed by atoms with E-state index in [2.05, 4.69) is 10.3 Å². The van der Waals surface area contributed by atoms with Crippen LogP contribution < -0.4 is 14.8 Å². The van der Waals surface area contributed by atoms with E-state index in [1.165, 1.54) is 13.1 Å². The number of nitrogens with zero attached hydrogens (tertiary/aromatic N) is 1. The van der Waals surface area contributed by atoms with E-state index >= 15 is 0 Å². The standard InChI is InChI=1S/C20H17F3N2O2/c1-24-15-11-18(20(21,22)23)25-19(12-15)27-17-9-5-6-14(10-17)13-26-16-7-3-2-4-8-16/h2-12H,13H2,1H3,(H,24,25). The summed E-state index contributed by atoms with van der Waals surface area (Å²) in [4.78, 5) is 3.55. The quantitative estimate of drug-likeness (QED) is 0.618. The van der Waals surface area contributed by atoms with E-state index in [1.54, 1.807) is 18.2 Å². The van der Waals surface area contributed by atoms with E-state index < -0.39 is 11.9 Å². The van der Waals surface area contributed by atoms with E-state index in [0.717, 1.165) is 17.4 Å². The van der Waals surface area contributed by atoms with Gasteiger partial charge in [0.2, 0.25) is 5.88 Å². The molecular weight excluding hydrogens is 357 g/mol. The second-order valence-electron chi connectivity index (χ2n) is 5.68. The number of benzene rings is 2. The Hall–Kier alpha value is -3.22. The highest BCUT2D eigenvalue weighted by atomic mass is 19.4. The van der Waals surface area contributed by atoms with Gasteiger partial charge in [-0.25, -0.2) is 4.98 Å². The van der Waals surface area contributed by atoms with Crippen LogP contribution in [0.15, 0.2) is 66.7 Å². The van der Waals surface area contributed by atoms with Crippen molar-refractivity contribution in [1.82, 2.24) is 4.98 Å². The number of aromatic nitrogens is 1. The average Bonchev–Trinajstić information content (AvgIpc) is 2.66. The number of para-hydroxylation sites is 1. The fourth-order valence-electron chi connectivity index (χ4n) is 2.35. The van der Waals surface area contributed by atoms with E-state index in [1.807, 2.05) is 36.4 Å². The van der Waals surface area contributed by atoms with E-state index in [0.29, 0.717) is 12.4 Å². The topological polar surface area (TPSA) is 43.4 Å². The summed E-state index contributed by atoms with van der Waals surface area (Å²) >= 11 is 0. The van der Waals surface area contributed by atoms with Gasteiger partial charge in [-0.15, -0.1) is 0 Å². The Labute approximate surface area is 154 Å². The molecule has 2 aromatic carbocycles. The van der Waals surface area contributed by atoms with Crippen molar-refractivity contribution >= 4 is 5.69 Å². The van der Waals surface area contributed by atoms with Gasteiger partial charge in [0.05, 0.1) is 0 Å². The molecule has 7 heteroatoms. The number of ether oxygens (including phenoxy) is 2. The third kappa shape index (κ3) is 5.13. The van der Waals surface area contributed by atoms with Gasteiger partial charge in [0.15, 0.2) is 5.69 Å². The highest BCUT2D eigenvalue weighted by molar-refractivity contribution is 5.48. The number of nitrogens with one attached hydrogen (secondary N) is 1. The van der Waals surface area contributed by atoms with Gasteiger partial charge >= 0.3 is 6.18 Å². The van der Waals surface area contributed by atoms with Crippen LogP contribution in [-0.4, -0.2) is 12.0 Å². The van der Waals surface area contributed by atoms with Crippen molar-refractivity contribution in [2.24, 2.45) is 0 Å². The number of alkyl halides is 3. The van der Waals surface area contributed by atoms with Crippen molar-refractivity contribution < 1.29 is 22.6 Å². The molecule has 0 fully saturated rings. The number of pyridine rings is 1. The number of halogens is 3. The first-order valence-electron chi connectivity index (χ1n) is 8.16. The lowest BCUT2D eigenvalue weighted by Crippen LogP contribution is -2.09. The van der Waals surface area contributed by atoms with Gasteiger partial charge < -0.3 is 14.8 Å². The smallest absolute Gasteiger partial charge is 0.433 e. The Morgan fingerprint density at radius 2 is 1.67 bits per heavy atom. The van der Waals surface area contributed by atoms with Crippen molar-refractivity contribution in [3.8, 4) is 17.4 Å². The molecule has 0 spiro atoms. The zero-order valence-electron chi connectivity index (χ0n) is 14.5. The summed E-state index contributed by atoms with van der Waals surface area (Å²) < 4.78 is 50.2. The Balaban J connectivity index is 1.76. The second kappa shape index (κ2) is 7.99. The monoisotopic (exact) mass is 374 g/mol. The fourth-order valence-corrected chi connectivity index (χ4v) is 2.35. The Kier molecular flexibility index (Phi) is 5.49. The Bertz CT molecular complexity index is 899. The number of hydrogen-bond donors (Lipinski definition) is 1. The maximum absolute atomic E-state index is 13.0. The summed E-state index contributed by atoms with van der Waals surface area (Å²) in [5, 5.41) is 2.68. The van der Waals surface area contributed by atoms with Crippen molar-refractivity contribution in [3.63, 3.8) is 0 Å². The van der Waals surface area contributed by atoms with Gasteiger partial charge in [-0.2, -0.15) is 13.2 Å². The van der Waals surface area contributed by atoms with Crippen LogP contribution in [0.3, 0.4) is 0 Å². The molecule has 1 N–H and O–H groups in total. The Morgan fingerprint density at radius 1 is 0.926 bits per heavy atom. The molecule has 0 atom stereocenters. The van der Waals surface area contributed by atoms with Crippen molar-refractivity contribution in [2.75, 3.05) is 12.4 Å². The van der Waals surface area contributed by atoms with Crippen LogP contribution in [0.1, 0.15) is 11.3 Å². The SMILES string of the molecule is CNc1cc(Oc2cccc(COc3ccccc3)c2)nc(C(F)(F)F)c1. The van der Waals surface area contributed by atoms with Gasteiger partial charge in [-0.1, -0.05) is 30.3 Å². The molecule has 0 unspecified atom stereocenters. The number of anilines is 1. The predicted octanol–water partition coefficient (Wildman–Crippen LogP) is 5.51. The molecule has 4 nitrogen and oxygen atoms in total. The van der Waals surface area contributed by atoms with Crippen LogP contribution in [0.4, 0.5) is 18.9 Å². The minimum Gasteiger partial charge on any atom is -0.489 e. The summed E-state index contributed by atoms with van der Waals surface area (Å²) in [5.74, 6) is 0.954. The number of rotatable bonds is 6. The maximum Gasteiger partial charge on any atom is 0.433 e. The molecule has 0 radical (unpaired) electrons. The predicted molar refractivity (Wildman–Crippen MR) is 96.1 cm³/mol. The summed E-state index contributed by atoms with van der Waals surface area (Å²) in [6.45, 7) is 0.305. The highest BCUT2D eigenvalue weighted by Gasteiger charge is 2.33. The zero-order chi connectivity index (χ0) is 19.3. The van der Waals surface area contributed by atoms with E-state index in [-0.39, 0.29) is 11.6 Å². The van der Waals surface area contributed by atoms with Crippen LogP contribution in [0.2, 0.25) is 0 Å². The molecule has 3 rings (SSSR count). The molecule has 0 saturated heterocycles. The first kappa shape index (κ1) is 18.6. The summed E-state index contributed by atoms with van der Waals surface area (Å²) in [6, 6.07) is 18.6. The van der Waals surface area contributed by atoms with Crippen LogP contribution in [-0.2, 0) is 12.8 Å². The first-order chi connectivity index (χ1) is 12.9. The molecule has 0 bridgehead atoms. The van der Waals surface area contributed by atoms with Crippen LogP contribution in [0.5, 0.6) is 17.4 Å². The highest BCUT2D eigenvalue weighted by Crippen LogP contribution is 2.32. The van der Waals surface area contributed by atoms with Crippen molar-refractivity contribution in [2.45, 2.75) is 12.8 Å². The van der Waals surface area contributed by atoms with E-state index in [9.17, 15) is 13.2 Å². The molecule has 0 amide bonds. The summed E-state index contributed by atoms with van der Waals surface area (Å²) in [6.07, 6.45) is -4.56. The van der Waals surface area contributed by atoms with Gasteiger partial charge in [0, 0.05) is 18.8 Å². The first-order valence-corrected chi connectivity index (χ1v) is 8.16. The largest absolute Gasteiger partial charge is 0.489 e. The molecule has 0 aliphatic rings. The minimum atomic E-state index is -4.56. The van der Waals surface area contributed by atoms with E-state index in [4.69, 9.17) is 9.47 Å². The lowest BCUT2D eigenvalue weighted by Gasteiger charge is -2.12. The molecule has 0 aliphatic carbocycles. The Morgan fingerprint density at radius 3 is 2.37 bits per heavy atom. The van der Waals surface area contributed by atoms with Gasteiger partial charge in [0.1, 0.15) is 18.1 Å². The second-order valence-corrected chi connectivity index (χ2v) is 5.68. The molecule has 1 aromatic heterocycles. The van der Waals surface area contributed by atoms with Crippen molar-refractivity contribution in [1.29, 1.82) is 0 Å². The molecule has 0 aliphatic heterocycles. The molecule has 0 saturated carbocycles. The summed E-state index contributed by atoms with van der Waals surface area (Å²) in [5.41, 5.74) is 0.0565. The molecular formula is C20H17F3N2O2. The lowest BCUT2D eigenvalue weighted by molar-refractivity contribution is -0.141. The van der Waals surface area contributed by atoms with Gasteiger partial charge in [-0.05, 0) is 35.9 Å². The molecule has 3 aromatic rings. The number of hydrogen-bond acceptors (Lipinski definition) is 4. The third-order valence-corrected chi connectivity index (χ3v) is 3.65. The zero-order valence-corrected chi connectivity index (χ0v) is 14.5. The van der Waals surface area contributed by atoms with Crippen LogP contribution >= 0.6 is 0 Å². The van der Waals surface area contributed by atoms with Crippen LogP contribution in [0, 0.1) is 0 Å². The minimum absolute atomic E-state index is 0.143. The van der Waals surface area contributed by atoms with Crippen LogP contribution in [0.25, 0.3) is 0 Å². The fraction of sp³-hybridized carbons (Fsp3) is 0.150. The molecule has 1 heterocycles. The molecule has 27 heavy (non-hydrogen) atoms. The maximum atomic E-state index is 13.0. The van der Waals surface area contributed by atoms with Gasteiger partial charge in [-0.3, -0.25) is 0 Å². The summed E-state index contributed by atoms with van der Waals surface area (Å²) in [7, 11) is 1.53. The van der Waals surface area contributed by atoms with Gasteiger partial charge in [0.25, 0.3) is 0 Å². The third-order valence-electron chi connectivity index (χ3n) is 3.65. The normalized spacial score (nSPS) is 11.1.